The first-order valence-electron chi connectivity index (χ1n) is 3.42. The smallest absolute Gasteiger partial charge is 0.517 e. The number of hydrogen-bond donors (Lipinski definition) is 1. The molecule has 0 bridgehead atoms. The van der Waals surface area contributed by atoms with Crippen molar-refractivity contribution in [2.45, 2.75) is 5.92 Å². The number of aliphatic hydroxyl groups is 1. The molecule has 0 aliphatic heterocycles. The lowest BCUT2D eigenvalue weighted by Crippen LogP contribution is -3.00. The molecule has 0 saturated carbocycles. The second kappa shape index (κ2) is 5.67. The van der Waals surface area contributed by atoms with Gasteiger partial charge in [-0.15, -0.1) is 0 Å². The summed E-state index contributed by atoms with van der Waals surface area (Å²) in [6.45, 7) is -0.173. The molecule has 3 heteroatoms. The van der Waals surface area contributed by atoms with Crippen molar-refractivity contribution >= 4 is 6.29 Å². The van der Waals surface area contributed by atoms with Gasteiger partial charge in [-0.3, -0.25) is 0 Å². The molecule has 1 aromatic rings. The Kier molecular flexibility index (Phi) is 5.22. The van der Waals surface area contributed by atoms with E-state index in [1.165, 1.54) is 0 Å². The first-order valence-corrected chi connectivity index (χ1v) is 3.42. The fourth-order valence-electron chi connectivity index (χ4n) is 0.896. The van der Waals surface area contributed by atoms with Crippen molar-refractivity contribution in [1.29, 1.82) is 0 Å². The van der Waals surface area contributed by atoms with E-state index < -0.39 is 5.92 Å². The summed E-state index contributed by atoms with van der Waals surface area (Å²) >= 11 is 0. The van der Waals surface area contributed by atoms with Crippen molar-refractivity contribution < 1.29 is 22.3 Å². The summed E-state index contributed by atoms with van der Waals surface area (Å²) in [5.74, 6) is -0.490. The zero-order chi connectivity index (χ0) is 8.10. The van der Waals surface area contributed by atoms with Gasteiger partial charge in [-0.25, -0.2) is 0 Å². The van der Waals surface area contributed by atoms with E-state index in [9.17, 15) is 4.79 Å². The molecule has 0 saturated heterocycles. The minimum Gasteiger partial charge on any atom is -1.00 e. The van der Waals surface area contributed by atoms with Crippen molar-refractivity contribution in [2.24, 2.45) is 0 Å². The molecule has 0 aliphatic rings. The summed E-state index contributed by atoms with van der Waals surface area (Å²) in [7, 11) is 0. The third kappa shape index (κ3) is 2.59. The normalized spacial score (nSPS) is 11.1. The van der Waals surface area contributed by atoms with E-state index >= 15 is 0 Å². The largest absolute Gasteiger partial charge is 1.00 e. The summed E-state index contributed by atoms with van der Waals surface area (Å²) in [4.78, 5) is 10.3. The van der Waals surface area contributed by atoms with Crippen LogP contribution in [0.4, 0.5) is 0 Å². The Morgan fingerprint density at radius 3 is 2.33 bits per heavy atom. The van der Waals surface area contributed by atoms with Gasteiger partial charge in [0.2, 0.25) is 0 Å². The van der Waals surface area contributed by atoms with Crippen LogP contribution in [0.25, 0.3) is 0 Å². The highest BCUT2D eigenvalue weighted by Crippen LogP contribution is 2.10. The van der Waals surface area contributed by atoms with E-state index in [2.05, 4.69) is 0 Å². The Labute approximate surface area is 77.6 Å². The number of aliphatic hydroxyl groups excluding tert-OH is 1. The van der Waals surface area contributed by atoms with Gasteiger partial charge in [0, 0.05) is 10.4 Å². The van der Waals surface area contributed by atoms with E-state index in [4.69, 9.17) is 5.11 Å². The van der Waals surface area contributed by atoms with Crippen LogP contribution in [0, 0.1) is 0 Å². The van der Waals surface area contributed by atoms with Gasteiger partial charge < -0.3 is 17.5 Å². The lowest BCUT2D eigenvalue weighted by atomic mass is 10.0. The monoisotopic (exact) mass is 184 g/mol. The first kappa shape index (κ1) is 11.1. The van der Waals surface area contributed by atoms with Crippen molar-refractivity contribution in [1.82, 2.24) is 0 Å². The Balaban J connectivity index is 0.00000121. The van der Waals surface area contributed by atoms with E-state index in [1.807, 2.05) is 18.2 Å². The molecule has 1 unspecified atom stereocenters. The van der Waals surface area contributed by atoms with Crippen molar-refractivity contribution in [2.75, 3.05) is 6.61 Å². The number of benzene rings is 1. The second-order valence-corrected chi connectivity index (χ2v) is 2.26. The van der Waals surface area contributed by atoms with Crippen molar-refractivity contribution in [3.05, 3.63) is 35.9 Å². The average molecular weight is 185 g/mol. The van der Waals surface area contributed by atoms with E-state index in [0.717, 1.165) is 5.56 Å². The van der Waals surface area contributed by atoms with Gasteiger partial charge in [0.1, 0.15) is 6.61 Å². The molecule has 0 aromatic heterocycles. The summed E-state index contributed by atoms with van der Waals surface area (Å²) in [5.41, 5.74) is 0.810. The molecular weight excluding hydrogens is 176 g/mol. The highest BCUT2D eigenvalue weighted by molar-refractivity contribution is 5.62. The van der Waals surface area contributed by atoms with Gasteiger partial charge in [0.05, 0.1) is 0 Å². The summed E-state index contributed by atoms with van der Waals surface area (Å²) < 4.78 is 0. The third-order valence-corrected chi connectivity index (χ3v) is 1.53. The second-order valence-electron chi connectivity index (χ2n) is 2.26. The van der Waals surface area contributed by atoms with Crippen molar-refractivity contribution in [3.63, 3.8) is 0 Å². The molecule has 64 valence electrons. The predicted octanol–water partition coefficient (Wildman–Crippen LogP) is -2.12. The number of carbonyl (C=O) groups excluding carboxylic acids is 1. The summed E-state index contributed by atoms with van der Waals surface area (Å²) in [6.07, 6.45) is 1.77. The van der Waals surface area contributed by atoms with Crippen LogP contribution in [-0.4, -0.2) is 18.0 Å². The van der Waals surface area contributed by atoms with Gasteiger partial charge in [0.25, 0.3) is 5.92 Å². The molecule has 12 heavy (non-hydrogen) atoms. The third-order valence-electron chi connectivity index (χ3n) is 1.53. The van der Waals surface area contributed by atoms with E-state index in [0.29, 0.717) is 0 Å². The standard InChI is InChI=1S/C9H9O2.ClH/c10-6-9(7-11)8-4-2-1-3-5-8;/h1-5,9-10H,6H2;1H/q+1;/p-1. The molecular formula is C9H9ClO2. The van der Waals surface area contributed by atoms with Gasteiger partial charge in [0.15, 0.2) is 0 Å². The molecule has 1 aromatic carbocycles. The number of hydrogen-bond acceptors (Lipinski definition) is 2. The highest BCUT2D eigenvalue weighted by Gasteiger charge is 2.21. The number of halogens is 1. The zero-order valence-corrected chi connectivity index (χ0v) is 7.16. The van der Waals surface area contributed by atoms with Gasteiger partial charge in [-0.05, 0) is 0 Å². The van der Waals surface area contributed by atoms with Crippen LogP contribution in [0.15, 0.2) is 30.3 Å². The SMILES string of the molecule is O=[C+]C(CO)c1ccccc1.[Cl-]. The molecule has 1 atom stereocenters. The van der Waals surface area contributed by atoms with Crippen LogP contribution < -0.4 is 12.4 Å². The molecule has 0 amide bonds. The van der Waals surface area contributed by atoms with Crippen LogP contribution >= 0.6 is 0 Å². The van der Waals surface area contributed by atoms with Crippen molar-refractivity contribution in [3.8, 4) is 0 Å². The average Bonchev–Trinajstić information content (AvgIpc) is 2.09. The van der Waals surface area contributed by atoms with Gasteiger partial charge in [-0.1, -0.05) is 30.3 Å². The van der Waals surface area contributed by atoms with E-state index in [-0.39, 0.29) is 19.0 Å². The topological polar surface area (TPSA) is 37.3 Å². The fraction of sp³-hybridized carbons (Fsp3) is 0.222. The van der Waals surface area contributed by atoms with Crippen LogP contribution in [0.5, 0.6) is 0 Å². The lowest BCUT2D eigenvalue weighted by molar-refractivity contribution is -0.00000455. The Bertz CT molecular complexity index is 223. The van der Waals surface area contributed by atoms with E-state index in [1.54, 1.807) is 18.4 Å². The summed E-state index contributed by atoms with van der Waals surface area (Å²) in [6, 6.07) is 9.12. The van der Waals surface area contributed by atoms with Gasteiger partial charge in [-0.2, -0.15) is 0 Å². The maximum Gasteiger partial charge on any atom is 0.517 e. The Morgan fingerprint density at radius 1 is 1.33 bits per heavy atom. The molecule has 2 nitrogen and oxygen atoms in total. The first-order chi connectivity index (χ1) is 5.38. The maximum absolute atomic E-state index is 10.3. The molecule has 0 spiro atoms. The molecule has 0 radical (unpaired) electrons. The lowest BCUT2D eigenvalue weighted by Gasteiger charge is -1.94. The molecule has 0 fully saturated rings. The molecule has 1 N–H and O–H groups in total. The van der Waals surface area contributed by atoms with Crippen LogP contribution in [0.2, 0.25) is 0 Å². The highest BCUT2D eigenvalue weighted by atomic mass is 35.5. The Morgan fingerprint density at radius 2 is 1.92 bits per heavy atom. The molecule has 1 rings (SSSR count). The maximum atomic E-state index is 10.3. The number of rotatable bonds is 3. The van der Waals surface area contributed by atoms with Crippen LogP contribution in [0.3, 0.4) is 0 Å². The van der Waals surface area contributed by atoms with Crippen LogP contribution in [0.1, 0.15) is 11.5 Å². The predicted molar refractivity (Wildman–Crippen MR) is 42.0 cm³/mol. The van der Waals surface area contributed by atoms with Crippen LogP contribution in [-0.2, 0) is 4.79 Å². The minimum absolute atomic E-state index is 0. The van der Waals surface area contributed by atoms with Gasteiger partial charge >= 0.3 is 6.29 Å². The molecule has 0 aliphatic carbocycles. The fourth-order valence-corrected chi connectivity index (χ4v) is 0.896. The minimum atomic E-state index is -0.490. The quantitative estimate of drug-likeness (QED) is 0.546. The summed E-state index contributed by atoms with van der Waals surface area (Å²) in [5, 5.41) is 8.72. The zero-order valence-electron chi connectivity index (χ0n) is 6.40. The molecule has 0 heterocycles. The Hall–Kier alpha value is -0.950.